The molecule has 1 atom stereocenters. The SMILES string of the molecule is CC(C)(C)N(C[C@H](N)c1ccccc1)C(=O)O. The maximum atomic E-state index is 11.2. The van der Waals surface area contributed by atoms with Crippen LogP contribution < -0.4 is 5.73 Å². The maximum absolute atomic E-state index is 11.2. The summed E-state index contributed by atoms with van der Waals surface area (Å²) in [5.74, 6) is 0. The van der Waals surface area contributed by atoms with Gasteiger partial charge in [0.05, 0.1) is 0 Å². The van der Waals surface area contributed by atoms with Gasteiger partial charge >= 0.3 is 6.09 Å². The van der Waals surface area contributed by atoms with E-state index in [2.05, 4.69) is 0 Å². The van der Waals surface area contributed by atoms with Gasteiger partial charge in [0.1, 0.15) is 0 Å². The second-order valence-corrected chi connectivity index (χ2v) is 5.08. The standard InChI is InChI=1S/C13H20N2O2/c1-13(2,3)15(12(16)17)9-11(14)10-7-5-4-6-8-10/h4-8,11H,9,14H2,1-3H3,(H,16,17)/t11-/m0/s1. The number of rotatable bonds is 3. The summed E-state index contributed by atoms with van der Waals surface area (Å²) in [6.45, 7) is 5.87. The van der Waals surface area contributed by atoms with Crippen molar-refractivity contribution in [2.45, 2.75) is 32.4 Å². The van der Waals surface area contributed by atoms with Crippen molar-refractivity contribution in [1.82, 2.24) is 4.90 Å². The summed E-state index contributed by atoms with van der Waals surface area (Å²) in [5, 5.41) is 9.18. The van der Waals surface area contributed by atoms with Crippen LogP contribution in [0.3, 0.4) is 0 Å². The highest BCUT2D eigenvalue weighted by Crippen LogP contribution is 2.18. The lowest BCUT2D eigenvalue weighted by molar-refractivity contribution is 0.0961. The van der Waals surface area contributed by atoms with E-state index in [1.54, 1.807) is 0 Å². The van der Waals surface area contributed by atoms with Crippen molar-refractivity contribution in [2.75, 3.05) is 6.54 Å². The van der Waals surface area contributed by atoms with E-state index in [9.17, 15) is 9.90 Å². The molecule has 0 saturated heterocycles. The predicted molar refractivity (Wildman–Crippen MR) is 67.9 cm³/mol. The smallest absolute Gasteiger partial charge is 0.407 e. The van der Waals surface area contributed by atoms with Crippen LogP contribution in [0.2, 0.25) is 0 Å². The summed E-state index contributed by atoms with van der Waals surface area (Å²) in [7, 11) is 0. The number of carbonyl (C=O) groups is 1. The lowest BCUT2D eigenvalue weighted by Gasteiger charge is -2.35. The monoisotopic (exact) mass is 236 g/mol. The Hall–Kier alpha value is -1.55. The lowest BCUT2D eigenvalue weighted by atomic mass is 10.0. The summed E-state index contributed by atoms with van der Waals surface area (Å²) < 4.78 is 0. The Morgan fingerprint density at radius 3 is 2.29 bits per heavy atom. The molecule has 1 aromatic carbocycles. The van der Waals surface area contributed by atoms with Gasteiger partial charge in [-0.15, -0.1) is 0 Å². The molecule has 0 heterocycles. The Balaban J connectivity index is 2.79. The zero-order chi connectivity index (χ0) is 13.1. The van der Waals surface area contributed by atoms with Crippen LogP contribution in [0.5, 0.6) is 0 Å². The molecule has 0 saturated carbocycles. The Bertz CT molecular complexity index is 371. The number of amides is 1. The maximum Gasteiger partial charge on any atom is 0.407 e. The molecule has 4 heteroatoms. The zero-order valence-electron chi connectivity index (χ0n) is 10.6. The van der Waals surface area contributed by atoms with Crippen LogP contribution in [0.4, 0.5) is 4.79 Å². The van der Waals surface area contributed by atoms with E-state index in [4.69, 9.17) is 5.73 Å². The third kappa shape index (κ3) is 3.75. The highest BCUT2D eigenvalue weighted by molar-refractivity contribution is 5.66. The molecule has 0 aliphatic carbocycles. The molecule has 0 aromatic heterocycles. The van der Waals surface area contributed by atoms with Crippen LogP contribution in [-0.4, -0.2) is 28.2 Å². The minimum atomic E-state index is -0.941. The summed E-state index contributed by atoms with van der Waals surface area (Å²) in [6, 6.07) is 9.23. The fraction of sp³-hybridized carbons (Fsp3) is 0.462. The third-order valence-electron chi connectivity index (χ3n) is 2.65. The highest BCUT2D eigenvalue weighted by Gasteiger charge is 2.27. The highest BCUT2D eigenvalue weighted by atomic mass is 16.4. The normalized spacial score (nSPS) is 13.2. The molecule has 1 aromatic rings. The summed E-state index contributed by atoms with van der Waals surface area (Å²) in [5.41, 5.74) is 6.53. The van der Waals surface area contributed by atoms with Gasteiger partial charge in [0.25, 0.3) is 0 Å². The summed E-state index contributed by atoms with van der Waals surface area (Å²) >= 11 is 0. The number of carboxylic acid groups (broad SMARTS) is 1. The van der Waals surface area contributed by atoms with E-state index >= 15 is 0 Å². The minimum Gasteiger partial charge on any atom is -0.465 e. The molecule has 0 fully saturated rings. The minimum absolute atomic E-state index is 0.294. The molecular formula is C13H20N2O2. The van der Waals surface area contributed by atoms with Gasteiger partial charge in [-0.3, -0.25) is 0 Å². The van der Waals surface area contributed by atoms with Crippen LogP contribution in [0.1, 0.15) is 32.4 Å². The first-order valence-electron chi connectivity index (χ1n) is 5.63. The molecule has 1 amide bonds. The molecule has 0 unspecified atom stereocenters. The Labute approximate surface area is 102 Å². The van der Waals surface area contributed by atoms with Crippen LogP contribution in [-0.2, 0) is 0 Å². The third-order valence-corrected chi connectivity index (χ3v) is 2.65. The molecule has 0 spiro atoms. The molecule has 0 radical (unpaired) electrons. The second-order valence-electron chi connectivity index (χ2n) is 5.08. The molecule has 17 heavy (non-hydrogen) atoms. The van der Waals surface area contributed by atoms with Crippen molar-refractivity contribution in [1.29, 1.82) is 0 Å². The van der Waals surface area contributed by atoms with Gasteiger partial charge in [-0.1, -0.05) is 30.3 Å². The molecule has 94 valence electrons. The van der Waals surface area contributed by atoms with Crippen molar-refractivity contribution in [2.24, 2.45) is 5.73 Å². The molecular weight excluding hydrogens is 216 g/mol. The Morgan fingerprint density at radius 2 is 1.88 bits per heavy atom. The molecule has 1 rings (SSSR count). The van der Waals surface area contributed by atoms with Gasteiger partial charge in [-0.2, -0.15) is 0 Å². The van der Waals surface area contributed by atoms with E-state index in [1.165, 1.54) is 4.90 Å². The van der Waals surface area contributed by atoms with E-state index in [0.29, 0.717) is 6.54 Å². The molecule has 0 aliphatic rings. The summed E-state index contributed by atoms with van der Waals surface area (Å²) in [6.07, 6.45) is -0.941. The zero-order valence-corrected chi connectivity index (χ0v) is 10.6. The first-order valence-corrected chi connectivity index (χ1v) is 5.63. The Morgan fingerprint density at radius 1 is 1.35 bits per heavy atom. The molecule has 0 aliphatic heterocycles. The number of nitrogens with two attached hydrogens (primary N) is 1. The average molecular weight is 236 g/mol. The molecule has 3 N–H and O–H groups in total. The number of hydrogen-bond donors (Lipinski definition) is 2. The van der Waals surface area contributed by atoms with Gasteiger partial charge in [-0.05, 0) is 26.3 Å². The van der Waals surface area contributed by atoms with Crippen molar-refractivity contribution < 1.29 is 9.90 Å². The lowest BCUT2D eigenvalue weighted by Crippen LogP contribution is -2.48. The topological polar surface area (TPSA) is 66.6 Å². The van der Waals surface area contributed by atoms with Crippen molar-refractivity contribution in [3.8, 4) is 0 Å². The number of benzene rings is 1. The van der Waals surface area contributed by atoms with Crippen LogP contribution in [0.25, 0.3) is 0 Å². The fourth-order valence-electron chi connectivity index (χ4n) is 1.64. The average Bonchev–Trinajstić information content (AvgIpc) is 2.24. The van der Waals surface area contributed by atoms with E-state index in [0.717, 1.165) is 5.56 Å². The van der Waals surface area contributed by atoms with Gasteiger partial charge in [0.15, 0.2) is 0 Å². The van der Waals surface area contributed by atoms with Gasteiger partial charge in [-0.25, -0.2) is 4.79 Å². The quantitative estimate of drug-likeness (QED) is 0.847. The first kappa shape index (κ1) is 13.5. The summed E-state index contributed by atoms with van der Waals surface area (Å²) in [4.78, 5) is 12.5. The largest absolute Gasteiger partial charge is 0.465 e. The van der Waals surface area contributed by atoms with Gasteiger partial charge < -0.3 is 15.7 Å². The fourth-order valence-corrected chi connectivity index (χ4v) is 1.64. The predicted octanol–water partition coefficient (Wildman–Crippen LogP) is 2.46. The number of hydrogen-bond acceptors (Lipinski definition) is 2. The van der Waals surface area contributed by atoms with E-state index < -0.39 is 11.6 Å². The van der Waals surface area contributed by atoms with Gasteiger partial charge in [0.2, 0.25) is 0 Å². The van der Waals surface area contributed by atoms with Crippen molar-refractivity contribution in [3.05, 3.63) is 35.9 Å². The molecule has 4 nitrogen and oxygen atoms in total. The van der Waals surface area contributed by atoms with E-state index in [-0.39, 0.29) is 6.04 Å². The van der Waals surface area contributed by atoms with Gasteiger partial charge in [0, 0.05) is 18.1 Å². The Kier molecular flexibility index (Phi) is 4.12. The van der Waals surface area contributed by atoms with E-state index in [1.807, 2.05) is 51.1 Å². The van der Waals surface area contributed by atoms with Crippen LogP contribution in [0.15, 0.2) is 30.3 Å². The van der Waals surface area contributed by atoms with Crippen molar-refractivity contribution >= 4 is 6.09 Å². The van der Waals surface area contributed by atoms with Crippen LogP contribution >= 0.6 is 0 Å². The second kappa shape index (κ2) is 5.19. The van der Waals surface area contributed by atoms with Crippen LogP contribution in [0, 0.1) is 0 Å². The first-order chi connectivity index (χ1) is 7.82. The molecule has 0 bridgehead atoms. The van der Waals surface area contributed by atoms with Crippen molar-refractivity contribution in [3.63, 3.8) is 0 Å². The number of nitrogens with zero attached hydrogens (tertiary/aromatic N) is 1.